The fourth-order valence-corrected chi connectivity index (χ4v) is 16.6. The third-order valence-corrected chi connectivity index (χ3v) is 19.7. The highest BCUT2D eigenvalue weighted by atomic mass is 32.2. The highest BCUT2D eigenvalue weighted by Crippen LogP contribution is 2.51. The van der Waals surface area contributed by atoms with Crippen LogP contribution in [0.5, 0.6) is 0 Å². The lowest BCUT2D eigenvalue weighted by Crippen LogP contribution is -2.12. The molecule has 0 aliphatic heterocycles. The quantitative estimate of drug-likeness (QED) is 0.119. The molecule has 12 aromatic rings. The van der Waals surface area contributed by atoms with Crippen molar-refractivity contribution in [3.05, 3.63) is 234 Å². The smallest absolute Gasteiger partial charge is 0.206 e. The van der Waals surface area contributed by atoms with E-state index in [1.807, 2.05) is 78.9 Å². The van der Waals surface area contributed by atoms with Gasteiger partial charge >= 0.3 is 12.4 Å². The van der Waals surface area contributed by atoms with E-state index in [-0.39, 0.29) is 37.2 Å². The molecule has 0 bridgehead atoms. The van der Waals surface area contributed by atoms with E-state index >= 15 is 0 Å². The van der Waals surface area contributed by atoms with Crippen molar-refractivity contribution in [3.63, 3.8) is 0 Å². The molecule has 354 valence electrons. The lowest BCUT2D eigenvalue weighted by Gasteiger charge is -2.09. The molecular formula is C61H46F7S3+3. The molecule has 0 N–H and O–H groups in total. The first-order valence-electron chi connectivity index (χ1n) is 23.0. The van der Waals surface area contributed by atoms with Crippen molar-refractivity contribution in [1.29, 1.82) is 0 Å². The van der Waals surface area contributed by atoms with Crippen LogP contribution in [0.1, 0.15) is 27.8 Å². The van der Waals surface area contributed by atoms with E-state index in [1.54, 1.807) is 39.0 Å². The second-order valence-corrected chi connectivity index (χ2v) is 23.5. The topological polar surface area (TPSA) is 0 Å². The maximum absolute atomic E-state index is 14.0. The molecule has 0 atom stereocenters. The molecule has 0 unspecified atom stereocenters. The molecule has 0 aliphatic rings. The molecule has 71 heavy (non-hydrogen) atoms. The molecule has 0 nitrogen and oxygen atoms in total. The van der Waals surface area contributed by atoms with Crippen LogP contribution in [0.4, 0.5) is 30.7 Å². The molecule has 3 aromatic heterocycles. The molecule has 9 aromatic carbocycles. The number of rotatable bonds is 5. The summed E-state index contributed by atoms with van der Waals surface area (Å²) in [6, 6.07) is 66.3. The lowest BCUT2D eigenvalue weighted by atomic mass is 10.1. The zero-order chi connectivity index (χ0) is 49.6. The molecule has 0 radical (unpaired) electrons. The zero-order valence-corrected chi connectivity index (χ0v) is 41.3. The second-order valence-electron chi connectivity index (χ2n) is 17.6. The first kappa shape index (κ1) is 47.8. The molecule has 0 aliphatic carbocycles. The molecule has 0 saturated heterocycles. The van der Waals surface area contributed by atoms with Gasteiger partial charge < -0.3 is 0 Å². The third kappa shape index (κ3) is 9.68. The number of hydrogen-bond acceptors (Lipinski definition) is 0. The van der Waals surface area contributed by atoms with E-state index in [2.05, 4.69) is 103 Å². The van der Waals surface area contributed by atoms with Crippen LogP contribution in [0.2, 0.25) is 0 Å². The Morgan fingerprint density at radius 1 is 0.310 bits per heavy atom. The van der Waals surface area contributed by atoms with Crippen LogP contribution in [0.3, 0.4) is 0 Å². The number of alkyl halides is 6. The summed E-state index contributed by atoms with van der Waals surface area (Å²) >= 11 is 0. The van der Waals surface area contributed by atoms with Crippen molar-refractivity contribution < 1.29 is 30.7 Å². The molecule has 0 spiro atoms. The van der Waals surface area contributed by atoms with Crippen LogP contribution in [-0.4, -0.2) is 12.4 Å². The van der Waals surface area contributed by atoms with Gasteiger partial charge in [0.25, 0.3) is 0 Å². The van der Waals surface area contributed by atoms with Crippen LogP contribution in [0, 0.1) is 26.6 Å². The fourth-order valence-electron chi connectivity index (χ4n) is 9.38. The van der Waals surface area contributed by atoms with Gasteiger partial charge in [-0.05, 0) is 140 Å². The number of halogens is 7. The first-order chi connectivity index (χ1) is 34.1. The Morgan fingerprint density at radius 2 is 0.549 bits per heavy atom. The summed E-state index contributed by atoms with van der Waals surface area (Å²) in [4.78, 5) is 2.94. The summed E-state index contributed by atoms with van der Waals surface area (Å²) in [5, 5.41) is 7.27. The predicted octanol–water partition coefficient (Wildman–Crippen LogP) is 20.5. The van der Waals surface area contributed by atoms with Crippen LogP contribution in [0.15, 0.2) is 200 Å². The SMILES string of the molecule is Cc1ccc(-[s+]2c3ccccc3c3ccccc32)cc1CC(F)(F)F.Cc1ccc(-[s+]2c3ccccc3c3ccccc32)cc1CC(F)(F)F.Cc1ccc(-[s+]2c3ccccc3c3ccccc32)cc1F. The summed E-state index contributed by atoms with van der Waals surface area (Å²) in [7, 11) is -0.909. The third-order valence-electron chi connectivity index (χ3n) is 12.8. The van der Waals surface area contributed by atoms with Gasteiger partial charge in [0, 0.05) is 81.9 Å². The van der Waals surface area contributed by atoms with Crippen LogP contribution in [0.25, 0.3) is 75.2 Å². The van der Waals surface area contributed by atoms with Gasteiger partial charge in [0.1, 0.15) is 5.82 Å². The Hall–Kier alpha value is -6.85. The lowest BCUT2D eigenvalue weighted by molar-refractivity contribution is -0.128. The van der Waals surface area contributed by atoms with E-state index in [0.717, 1.165) is 14.7 Å². The van der Waals surface area contributed by atoms with Gasteiger partial charge in [-0.25, -0.2) is 4.39 Å². The highest BCUT2D eigenvalue weighted by Gasteiger charge is 2.32. The van der Waals surface area contributed by atoms with Gasteiger partial charge in [0.15, 0.2) is 42.9 Å². The van der Waals surface area contributed by atoms with Crippen molar-refractivity contribution in [2.24, 2.45) is 0 Å². The minimum Gasteiger partial charge on any atom is -0.206 e. The summed E-state index contributed by atoms with van der Waals surface area (Å²) in [6.07, 6.45) is -10.2. The Labute approximate surface area is 414 Å². The zero-order valence-electron chi connectivity index (χ0n) is 38.8. The molecule has 0 fully saturated rings. The fraction of sp³-hybridized carbons (Fsp3) is 0.115. The number of thiophene rings is 3. The number of aryl methyl sites for hydroxylation is 3. The normalized spacial score (nSPS) is 11.9. The highest BCUT2D eigenvalue weighted by molar-refractivity contribution is 7.51. The van der Waals surface area contributed by atoms with Crippen LogP contribution >= 0.6 is 31.4 Å². The first-order valence-corrected chi connectivity index (χ1v) is 26.7. The minimum atomic E-state index is -4.20. The van der Waals surface area contributed by atoms with Crippen molar-refractivity contribution in [2.45, 2.75) is 46.0 Å². The summed E-state index contributed by atoms with van der Waals surface area (Å²) < 4.78 is 98.8. The van der Waals surface area contributed by atoms with E-state index < -0.39 is 25.2 Å². The summed E-state index contributed by atoms with van der Waals surface area (Å²) in [5.41, 5.74) is 2.79. The number of benzene rings is 9. The van der Waals surface area contributed by atoms with Gasteiger partial charge in [-0.15, -0.1) is 0 Å². The van der Waals surface area contributed by atoms with Crippen LogP contribution < -0.4 is 0 Å². The summed E-state index contributed by atoms with van der Waals surface area (Å²) in [6.45, 7) is 5.29. The second kappa shape index (κ2) is 19.4. The van der Waals surface area contributed by atoms with Crippen LogP contribution in [-0.2, 0) is 12.8 Å². The largest absolute Gasteiger partial charge is 0.393 e. The van der Waals surface area contributed by atoms with Crippen molar-refractivity contribution >= 4 is 91.9 Å². The summed E-state index contributed by atoms with van der Waals surface area (Å²) in [5.74, 6) is -0.123. The van der Waals surface area contributed by atoms with E-state index in [4.69, 9.17) is 0 Å². The maximum Gasteiger partial charge on any atom is 0.393 e. The Balaban J connectivity index is 0.000000123. The molecule has 12 rings (SSSR count). The maximum atomic E-state index is 14.0. The van der Waals surface area contributed by atoms with Gasteiger partial charge in [0.05, 0.1) is 12.8 Å². The van der Waals surface area contributed by atoms with Crippen molar-refractivity contribution in [2.75, 3.05) is 0 Å². The Kier molecular flexibility index (Phi) is 13.1. The Morgan fingerprint density at radius 3 is 0.803 bits per heavy atom. The minimum absolute atomic E-state index is 0.123. The van der Waals surface area contributed by atoms with Gasteiger partial charge in [-0.3, -0.25) is 0 Å². The average molecular weight is 1010 g/mol. The van der Waals surface area contributed by atoms with Crippen molar-refractivity contribution in [1.82, 2.24) is 0 Å². The van der Waals surface area contributed by atoms with Gasteiger partial charge in [-0.2, -0.15) is 26.3 Å². The van der Waals surface area contributed by atoms with Crippen molar-refractivity contribution in [3.8, 4) is 14.7 Å². The number of fused-ring (bicyclic) bond motifs is 9. The van der Waals surface area contributed by atoms with E-state index in [1.165, 1.54) is 60.5 Å². The van der Waals surface area contributed by atoms with Gasteiger partial charge in [0.2, 0.25) is 0 Å². The molecule has 10 heteroatoms. The molecule has 0 amide bonds. The molecular weight excluding hydrogens is 962 g/mol. The van der Waals surface area contributed by atoms with E-state index in [0.29, 0.717) is 27.8 Å². The Bertz CT molecular complexity index is 3590. The molecule has 3 heterocycles. The van der Waals surface area contributed by atoms with E-state index in [9.17, 15) is 30.7 Å². The number of hydrogen-bond donors (Lipinski definition) is 0. The molecule has 0 saturated carbocycles. The average Bonchev–Trinajstić information content (AvgIpc) is 4.00. The predicted molar refractivity (Wildman–Crippen MR) is 289 cm³/mol. The standard InChI is InChI=1S/2C21H16F3S.C19H14FS/c2*1-14-10-11-16(12-15(14)13-21(22,23)24)25-19-8-4-2-6-17(19)18-7-3-5-9-20(18)25;1-13-10-11-14(12-17(13)20)21-18-8-4-2-6-15(18)16-7-3-5-9-19(16)21/h2*2-12H,13H2,1H3;2-12H,1H3/q3*+1. The van der Waals surface area contributed by atoms with Gasteiger partial charge in [-0.1, -0.05) is 91.0 Å². The monoisotopic (exact) mass is 1010 g/mol.